The normalized spacial score (nSPS) is 18.2. The van der Waals surface area contributed by atoms with Crippen LogP contribution >= 0.6 is 0 Å². The summed E-state index contributed by atoms with van der Waals surface area (Å²) < 4.78 is 12.4. The molecule has 1 saturated heterocycles. The van der Waals surface area contributed by atoms with Crippen molar-refractivity contribution < 1.29 is 24.2 Å². The third kappa shape index (κ3) is 4.72. The van der Waals surface area contributed by atoms with E-state index >= 15 is 0 Å². The van der Waals surface area contributed by atoms with Crippen LogP contribution < -0.4 is 4.74 Å². The van der Waals surface area contributed by atoms with E-state index in [0.29, 0.717) is 51.3 Å². The maximum absolute atomic E-state index is 12.5. The lowest BCUT2D eigenvalue weighted by molar-refractivity contribution is 0.0696. The predicted molar refractivity (Wildman–Crippen MR) is 150 cm³/mol. The van der Waals surface area contributed by atoms with Gasteiger partial charge in [0.2, 0.25) is 0 Å². The smallest absolute Gasteiger partial charge is 0.339 e. The number of aryl methyl sites for hydroxylation is 1. The molecule has 8 heteroatoms. The number of carboxylic acids is 1. The fourth-order valence-electron chi connectivity index (χ4n) is 6.36. The number of phenolic OH excluding ortho intramolecular Hbond substituents is 1. The van der Waals surface area contributed by atoms with Gasteiger partial charge in [0, 0.05) is 60.3 Å². The van der Waals surface area contributed by atoms with Gasteiger partial charge in [0.25, 0.3) is 0 Å². The maximum Gasteiger partial charge on any atom is 0.339 e. The van der Waals surface area contributed by atoms with Gasteiger partial charge in [0.1, 0.15) is 28.4 Å². The molecule has 2 aromatic carbocycles. The number of carboxylic acid groups (broad SMARTS) is 1. The molecule has 1 atom stereocenters. The average Bonchev–Trinajstić information content (AvgIpc) is 3.58. The second kappa shape index (κ2) is 10.5. The maximum atomic E-state index is 12.5. The van der Waals surface area contributed by atoms with Gasteiger partial charge >= 0.3 is 5.97 Å². The molecule has 2 N–H and O–H groups in total. The molecule has 6 rings (SSSR count). The summed E-state index contributed by atoms with van der Waals surface area (Å²) in [5.74, 6) is 0.560. The van der Waals surface area contributed by atoms with Crippen LogP contribution in [0.15, 0.2) is 47.1 Å². The molecule has 8 nitrogen and oxygen atoms in total. The molecule has 39 heavy (non-hydrogen) atoms. The van der Waals surface area contributed by atoms with Crippen LogP contribution in [0.5, 0.6) is 11.5 Å². The van der Waals surface area contributed by atoms with E-state index in [9.17, 15) is 15.0 Å². The first-order chi connectivity index (χ1) is 18.9. The quantitative estimate of drug-likeness (QED) is 0.319. The summed E-state index contributed by atoms with van der Waals surface area (Å²) >= 11 is 0. The molecule has 3 heterocycles. The number of aromatic hydroxyl groups is 1. The number of pyridine rings is 1. The van der Waals surface area contributed by atoms with Crippen LogP contribution in [0, 0.1) is 12.8 Å². The van der Waals surface area contributed by atoms with E-state index in [2.05, 4.69) is 21.8 Å². The van der Waals surface area contributed by atoms with E-state index in [1.54, 1.807) is 19.3 Å². The molecule has 0 spiro atoms. The van der Waals surface area contributed by atoms with Crippen molar-refractivity contribution in [1.29, 1.82) is 0 Å². The largest absolute Gasteiger partial charge is 0.507 e. The van der Waals surface area contributed by atoms with E-state index in [1.807, 2.05) is 30.3 Å². The molecule has 1 aliphatic heterocycles. The highest BCUT2D eigenvalue weighted by Gasteiger charge is 2.34. The number of aromatic carboxylic acids is 1. The number of benzene rings is 2. The third-order valence-electron chi connectivity index (χ3n) is 8.47. The highest BCUT2D eigenvalue weighted by Crippen LogP contribution is 2.48. The van der Waals surface area contributed by atoms with Gasteiger partial charge in [0.05, 0.1) is 12.6 Å². The lowest BCUT2D eigenvalue weighted by atomic mass is 9.89. The summed E-state index contributed by atoms with van der Waals surface area (Å²) in [5.41, 5.74) is 2.06. The zero-order valence-electron chi connectivity index (χ0n) is 22.5. The standard InChI is InChI=1S/C31H35N3O5/c1-19-25(31(36)37)26-27(28(21-9-11-32-12-10-21)34-15-13-33(2)14-16-34)29(35)24-17-22(7-8-23(24)30(26)39-19)38-18-20-5-3-4-6-20/h7-12,17,20,28,35H,3-6,13-16,18H2,1-2H3,(H,36,37). The van der Waals surface area contributed by atoms with Crippen molar-refractivity contribution in [3.8, 4) is 11.5 Å². The zero-order valence-corrected chi connectivity index (χ0v) is 22.5. The van der Waals surface area contributed by atoms with Crippen molar-refractivity contribution in [2.75, 3.05) is 39.8 Å². The minimum absolute atomic E-state index is 0.0628. The second-order valence-corrected chi connectivity index (χ2v) is 11.0. The number of carbonyl (C=O) groups is 1. The average molecular weight is 530 g/mol. The Morgan fingerprint density at radius 2 is 1.82 bits per heavy atom. The molecule has 2 fully saturated rings. The first-order valence-corrected chi connectivity index (χ1v) is 13.8. The number of nitrogens with zero attached hydrogens (tertiary/aromatic N) is 3. The van der Waals surface area contributed by atoms with Crippen molar-refractivity contribution in [2.45, 2.75) is 38.6 Å². The molecule has 1 aliphatic carbocycles. The highest BCUT2D eigenvalue weighted by molar-refractivity contribution is 6.16. The molecule has 204 valence electrons. The molecular weight excluding hydrogens is 494 g/mol. The van der Waals surface area contributed by atoms with Crippen LogP contribution in [0.4, 0.5) is 0 Å². The van der Waals surface area contributed by atoms with Crippen molar-refractivity contribution in [3.05, 3.63) is 65.2 Å². The Hall–Kier alpha value is -3.62. The summed E-state index contributed by atoms with van der Waals surface area (Å²) in [7, 11) is 2.10. The first-order valence-electron chi connectivity index (χ1n) is 13.8. The molecule has 1 unspecified atom stereocenters. The fourth-order valence-corrected chi connectivity index (χ4v) is 6.36. The number of aromatic nitrogens is 1. The Kier molecular flexibility index (Phi) is 6.91. The Labute approximate surface area is 227 Å². The molecule has 0 radical (unpaired) electrons. The van der Waals surface area contributed by atoms with E-state index < -0.39 is 5.97 Å². The van der Waals surface area contributed by atoms with Crippen molar-refractivity contribution in [3.63, 3.8) is 0 Å². The summed E-state index contributed by atoms with van der Waals surface area (Å²) in [4.78, 5) is 21.3. The fraction of sp³-hybridized carbons (Fsp3) is 0.419. The molecule has 2 aromatic heterocycles. The minimum atomic E-state index is -1.07. The number of piperazine rings is 1. The monoisotopic (exact) mass is 529 g/mol. The number of likely N-dealkylation sites (N-methyl/N-ethyl adjacent to an activating group) is 1. The van der Waals surface area contributed by atoms with E-state index in [0.717, 1.165) is 31.7 Å². The molecule has 1 saturated carbocycles. The molecule has 0 bridgehead atoms. The van der Waals surface area contributed by atoms with Crippen LogP contribution in [0.25, 0.3) is 21.7 Å². The number of fused-ring (bicyclic) bond motifs is 3. The summed E-state index contributed by atoms with van der Waals surface area (Å²) in [6.07, 6.45) is 8.35. The van der Waals surface area contributed by atoms with Gasteiger partial charge in [0.15, 0.2) is 0 Å². The SMILES string of the molecule is Cc1oc2c(c1C(=O)O)c(C(c1ccncc1)N1CCN(C)CC1)c(O)c1cc(OCC3CCCC3)ccc12. The van der Waals surface area contributed by atoms with Gasteiger partial charge < -0.3 is 24.3 Å². The molecule has 4 aromatic rings. The van der Waals surface area contributed by atoms with Crippen LogP contribution in [0.3, 0.4) is 0 Å². The van der Waals surface area contributed by atoms with E-state index in [1.165, 1.54) is 25.7 Å². The second-order valence-electron chi connectivity index (χ2n) is 11.0. The lowest BCUT2D eigenvalue weighted by Crippen LogP contribution is -2.46. The van der Waals surface area contributed by atoms with Gasteiger partial charge in [-0.15, -0.1) is 0 Å². The van der Waals surface area contributed by atoms with Gasteiger partial charge in [-0.25, -0.2) is 4.79 Å². The predicted octanol–water partition coefficient (Wildman–Crippen LogP) is 5.60. The zero-order chi connectivity index (χ0) is 27.1. The van der Waals surface area contributed by atoms with Crippen molar-refractivity contribution in [1.82, 2.24) is 14.8 Å². The van der Waals surface area contributed by atoms with E-state index in [4.69, 9.17) is 9.15 Å². The van der Waals surface area contributed by atoms with Crippen molar-refractivity contribution in [2.24, 2.45) is 5.92 Å². The third-order valence-corrected chi connectivity index (χ3v) is 8.47. The molecule has 2 aliphatic rings. The van der Waals surface area contributed by atoms with Crippen LogP contribution in [0.1, 0.15) is 59.0 Å². The van der Waals surface area contributed by atoms with Gasteiger partial charge in [-0.05, 0) is 68.6 Å². The summed E-state index contributed by atoms with van der Waals surface area (Å²) in [6, 6.07) is 9.12. The molecule has 0 amide bonds. The number of hydrogen-bond donors (Lipinski definition) is 2. The number of phenols is 1. The Bertz CT molecular complexity index is 1500. The van der Waals surface area contributed by atoms with E-state index in [-0.39, 0.29) is 17.4 Å². The van der Waals surface area contributed by atoms with Crippen molar-refractivity contribution >= 4 is 27.7 Å². The Balaban J connectivity index is 1.58. The topological polar surface area (TPSA) is 99.3 Å². The highest BCUT2D eigenvalue weighted by atomic mass is 16.5. The summed E-state index contributed by atoms with van der Waals surface area (Å²) in [5, 5.41) is 24.0. The van der Waals surface area contributed by atoms with Crippen LogP contribution in [-0.2, 0) is 0 Å². The number of rotatable bonds is 7. The van der Waals surface area contributed by atoms with Crippen LogP contribution in [-0.4, -0.2) is 70.8 Å². The van der Waals surface area contributed by atoms with Gasteiger partial charge in [-0.3, -0.25) is 9.88 Å². The Morgan fingerprint density at radius 3 is 2.51 bits per heavy atom. The van der Waals surface area contributed by atoms with Gasteiger partial charge in [-0.1, -0.05) is 12.8 Å². The van der Waals surface area contributed by atoms with Gasteiger partial charge in [-0.2, -0.15) is 0 Å². The lowest BCUT2D eigenvalue weighted by Gasteiger charge is -2.39. The summed E-state index contributed by atoms with van der Waals surface area (Å²) in [6.45, 7) is 5.61. The number of hydrogen-bond acceptors (Lipinski definition) is 7. The number of furan rings is 1. The molecular formula is C31H35N3O5. The first kappa shape index (κ1) is 25.6. The minimum Gasteiger partial charge on any atom is -0.507 e. The Morgan fingerprint density at radius 1 is 1.10 bits per heavy atom. The van der Waals surface area contributed by atoms with Crippen LogP contribution in [0.2, 0.25) is 0 Å². The number of ether oxygens (including phenoxy) is 1.